The normalized spacial score (nSPS) is 29.8. The maximum atomic E-state index is 12.3. The number of nitrogens with one attached hydrogen (secondary N) is 2. The minimum Gasteiger partial charge on any atom is -0.390 e. The third-order valence-corrected chi connectivity index (χ3v) is 5.69. The first-order valence-electron chi connectivity index (χ1n) is 10.3. The molecule has 30 heavy (non-hydrogen) atoms. The number of hydrogen-bond donors (Lipinski definition) is 3. The SMILES string of the molecule is C[C@@]1(O)CCC[C@@H](Nc2nc(NC3CCC(OCC(F)(F)F)CC3)ncc2C#N)C1. The van der Waals surface area contributed by atoms with Gasteiger partial charge in [0, 0.05) is 12.1 Å². The average molecular weight is 427 g/mol. The molecule has 0 saturated heterocycles. The molecule has 0 amide bonds. The van der Waals surface area contributed by atoms with Crippen molar-refractivity contribution in [3.8, 4) is 6.07 Å². The Morgan fingerprint density at radius 2 is 1.97 bits per heavy atom. The van der Waals surface area contributed by atoms with E-state index in [0.717, 1.165) is 19.3 Å². The van der Waals surface area contributed by atoms with Gasteiger partial charge in [0.1, 0.15) is 24.1 Å². The lowest BCUT2D eigenvalue weighted by Crippen LogP contribution is -2.38. The minimum atomic E-state index is -4.30. The zero-order valence-electron chi connectivity index (χ0n) is 17.0. The summed E-state index contributed by atoms with van der Waals surface area (Å²) in [5.74, 6) is 0.804. The molecule has 7 nitrogen and oxygen atoms in total. The molecule has 2 aliphatic carbocycles. The Morgan fingerprint density at radius 1 is 1.23 bits per heavy atom. The molecule has 0 bridgehead atoms. The van der Waals surface area contributed by atoms with Gasteiger partial charge in [0.25, 0.3) is 0 Å². The van der Waals surface area contributed by atoms with Crippen LogP contribution in [0.25, 0.3) is 0 Å². The van der Waals surface area contributed by atoms with Crippen molar-refractivity contribution >= 4 is 11.8 Å². The predicted molar refractivity (Wildman–Crippen MR) is 105 cm³/mol. The summed E-state index contributed by atoms with van der Waals surface area (Å²) in [5.41, 5.74) is -0.404. The highest BCUT2D eigenvalue weighted by Crippen LogP contribution is 2.30. The number of rotatable bonds is 6. The Bertz CT molecular complexity index is 758. The van der Waals surface area contributed by atoms with Crippen molar-refractivity contribution in [3.63, 3.8) is 0 Å². The van der Waals surface area contributed by atoms with Crippen LogP contribution in [-0.2, 0) is 4.74 Å². The minimum absolute atomic E-state index is 0.0184. The number of halogens is 3. The van der Waals surface area contributed by atoms with Crippen LogP contribution in [0.15, 0.2) is 6.20 Å². The van der Waals surface area contributed by atoms with Crippen LogP contribution in [0.1, 0.15) is 63.9 Å². The summed E-state index contributed by atoms with van der Waals surface area (Å²) in [6, 6.07) is 2.14. The third kappa shape index (κ3) is 6.71. The maximum Gasteiger partial charge on any atom is 0.411 e. The van der Waals surface area contributed by atoms with Gasteiger partial charge in [-0.2, -0.15) is 23.4 Å². The highest BCUT2D eigenvalue weighted by Gasteiger charge is 2.32. The number of ether oxygens (including phenoxy) is 1. The molecule has 166 valence electrons. The van der Waals surface area contributed by atoms with Crippen LogP contribution in [-0.4, -0.2) is 51.6 Å². The van der Waals surface area contributed by atoms with Gasteiger partial charge in [0.2, 0.25) is 5.95 Å². The van der Waals surface area contributed by atoms with Crippen molar-refractivity contribution in [1.82, 2.24) is 9.97 Å². The van der Waals surface area contributed by atoms with Crippen LogP contribution >= 0.6 is 0 Å². The van der Waals surface area contributed by atoms with Crippen molar-refractivity contribution in [3.05, 3.63) is 11.8 Å². The second-order valence-corrected chi connectivity index (χ2v) is 8.55. The Kier molecular flexibility index (Phi) is 7.03. The molecule has 2 atom stereocenters. The van der Waals surface area contributed by atoms with Gasteiger partial charge < -0.3 is 20.5 Å². The third-order valence-electron chi connectivity index (χ3n) is 5.69. The Labute approximate surface area is 174 Å². The van der Waals surface area contributed by atoms with Crippen molar-refractivity contribution in [1.29, 1.82) is 5.26 Å². The fourth-order valence-corrected chi connectivity index (χ4v) is 4.19. The van der Waals surface area contributed by atoms with E-state index >= 15 is 0 Å². The lowest BCUT2D eigenvalue weighted by atomic mass is 9.83. The van der Waals surface area contributed by atoms with Crippen LogP contribution in [0.3, 0.4) is 0 Å². The predicted octanol–water partition coefficient (Wildman–Crippen LogP) is 3.76. The maximum absolute atomic E-state index is 12.3. The fraction of sp³-hybridized carbons (Fsp3) is 0.750. The summed E-state index contributed by atoms with van der Waals surface area (Å²) < 4.78 is 41.8. The number of hydrogen-bond acceptors (Lipinski definition) is 7. The highest BCUT2D eigenvalue weighted by atomic mass is 19.4. The second kappa shape index (κ2) is 9.35. The van der Waals surface area contributed by atoms with E-state index in [1.54, 1.807) is 0 Å². The molecule has 2 fully saturated rings. The molecule has 1 aromatic rings. The van der Waals surface area contributed by atoms with E-state index in [4.69, 9.17) is 4.74 Å². The van der Waals surface area contributed by atoms with E-state index in [1.807, 2.05) is 6.92 Å². The van der Waals surface area contributed by atoms with E-state index in [2.05, 4.69) is 26.7 Å². The molecule has 0 radical (unpaired) electrons. The van der Waals surface area contributed by atoms with E-state index in [1.165, 1.54) is 6.20 Å². The summed E-state index contributed by atoms with van der Waals surface area (Å²) in [6.07, 6.45) is 2.24. The molecule has 1 aromatic heterocycles. The monoisotopic (exact) mass is 427 g/mol. The summed E-state index contributed by atoms with van der Waals surface area (Å²) in [4.78, 5) is 8.65. The topological polar surface area (TPSA) is 103 Å². The zero-order chi connectivity index (χ0) is 21.8. The molecule has 0 unspecified atom stereocenters. The number of anilines is 2. The molecule has 1 heterocycles. The first-order chi connectivity index (χ1) is 14.1. The smallest absolute Gasteiger partial charge is 0.390 e. The number of aliphatic hydroxyl groups is 1. The molecule has 2 aliphatic rings. The van der Waals surface area contributed by atoms with E-state index in [9.17, 15) is 23.5 Å². The molecule has 0 aliphatic heterocycles. The lowest BCUT2D eigenvalue weighted by molar-refractivity contribution is -0.187. The fourth-order valence-electron chi connectivity index (χ4n) is 4.19. The van der Waals surface area contributed by atoms with Crippen molar-refractivity contribution in [2.75, 3.05) is 17.2 Å². The van der Waals surface area contributed by atoms with Gasteiger partial charge in [0.05, 0.1) is 17.9 Å². The van der Waals surface area contributed by atoms with Crippen LogP contribution < -0.4 is 10.6 Å². The number of nitrogens with zero attached hydrogens (tertiary/aromatic N) is 3. The van der Waals surface area contributed by atoms with Crippen LogP contribution in [0.2, 0.25) is 0 Å². The quantitative estimate of drug-likeness (QED) is 0.635. The van der Waals surface area contributed by atoms with E-state index in [0.29, 0.717) is 49.4 Å². The number of aromatic nitrogens is 2. The number of alkyl halides is 3. The molecule has 2 saturated carbocycles. The summed E-state index contributed by atoms with van der Waals surface area (Å²) in [7, 11) is 0. The van der Waals surface area contributed by atoms with Gasteiger partial charge in [-0.25, -0.2) is 4.98 Å². The Hall–Kier alpha value is -2.12. The number of nitriles is 1. The largest absolute Gasteiger partial charge is 0.411 e. The van der Waals surface area contributed by atoms with Gasteiger partial charge in [-0.1, -0.05) is 0 Å². The van der Waals surface area contributed by atoms with Crippen LogP contribution in [0, 0.1) is 11.3 Å². The Morgan fingerprint density at radius 3 is 2.60 bits per heavy atom. The summed E-state index contributed by atoms with van der Waals surface area (Å²) in [5, 5.41) is 26.2. The van der Waals surface area contributed by atoms with Gasteiger partial charge in [-0.15, -0.1) is 0 Å². The summed E-state index contributed by atoms with van der Waals surface area (Å²) >= 11 is 0. The molecule has 10 heteroatoms. The molecule has 0 aromatic carbocycles. The second-order valence-electron chi connectivity index (χ2n) is 8.55. The van der Waals surface area contributed by atoms with E-state index < -0.39 is 18.4 Å². The zero-order valence-corrected chi connectivity index (χ0v) is 17.0. The van der Waals surface area contributed by atoms with Gasteiger partial charge >= 0.3 is 6.18 Å². The molecule has 3 rings (SSSR count). The van der Waals surface area contributed by atoms with Crippen LogP contribution in [0.4, 0.5) is 24.9 Å². The lowest BCUT2D eigenvalue weighted by Gasteiger charge is -2.34. The van der Waals surface area contributed by atoms with Gasteiger partial charge in [-0.3, -0.25) is 0 Å². The Balaban J connectivity index is 1.56. The van der Waals surface area contributed by atoms with Crippen molar-refractivity contribution < 1.29 is 23.0 Å². The molecule has 0 spiro atoms. The standard InChI is InChI=1S/C20H28F3N5O2/c1-19(29)8-2-3-15(9-19)26-17-13(10-24)11-25-18(28-17)27-14-4-6-16(7-5-14)30-12-20(21,22)23/h11,14-16,29H,2-9,12H2,1H3,(H2,25,26,27,28)/t14?,15-,16?,19-/m1/s1. The average Bonchev–Trinajstić information content (AvgIpc) is 2.66. The van der Waals surface area contributed by atoms with Crippen molar-refractivity contribution in [2.45, 2.75) is 88.3 Å². The first kappa shape index (κ1) is 22.6. The molecule has 3 N–H and O–H groups in total. The van der Waals surface area contributed by atoms with Gasteiger partial charge in [0.15, 0.2) is 0 Å². The highest BCUT2D eigenvalue weighted by molar-refractivity contribution is 5.54. The summed E-state index contributed by atoms with van der Waals surface area (Å²) in [6.45, 7) is 0.603. The molecular formula is C20H28F3N5O2. The van der Waals surface area contributed by atoms with Gasteiger partial charge in [-0.05, 0) is 58.3 Å². The van der Waals surface area contributed by atoms with E-state index in [-0.39, 0.29) is 18.2 Å². The molecular weight excluding hydrogens is 399 g/mol. The van der Waals surface area contributed by atoms with Crippen LogP contribution in [0.5, 0.6) is 0 Å². The first-order valence-corrected chi connectivity index (χ1v) is 10.3. The van der Waals surface area contributed by atoms with Crippen molar-refractivity contribution in [2.24, 2.45) is 0 Å².